The molecule has 1 aromatic heterocycles. The highest BCUT2D eigenvalue weighted by atomic mass is 19.3. The van der Waals surface area contributed by atoms with E-state index in [-0.39, 0.29) is 23.0 Å². The van der Waals surface area contributed by atoms with Crippen LogP contribution >= 0.6 is 0 Å². The molecule has 10 nitrogen and oxygen atoms in total. The number of halogens is 2. The Kier molecular flexibility index (Phi) is 4.93. The summed E-state index contributed by atoms with van der Waals surface area (Å²) in [5.74, 6) is -3.31. The average Bonchev–Trinajstić information content (AvgIpc) is 3.10. The molecule has 152 valence electrons. The van der Waals surface area contributed by atoms with Gasteiger partial charge in [0.25, 0.3) is 5.69 Å². The fourth-order valence-corrected chi connectivity index (χ4v) is 2.54. The molecule has 1 heterocycles. The lowest BCUT2D eigenvalue weighted by molar-refractivity contribution is -0.384. The normalized spacial score (nSPS) is 11.3. The van der Waals surface area contributed by atoms with Crippen LogP contribution in [-0.2, 0) is 4.79 Å². The number of hydrogen-bond donors (Lipinski definition) is 2. The number of rotatable bonds is 7. The van der Waals surface area contributed by atoms with Gasteiger partial charge in [-0.3, -0.25) is 10.1 Å². The van der Waals surface area contributed by atoms with E-state index >= 15 is 0 Å². The number of alkyl halides is 2. The number of carboxylic acids is 1. The van der Waals surface area contributed by atoms with E-state index in [0.29, 0.717) is 16.6 Å². The maximum absolute atomic E-state index is 13.5. The first-order valence-electron chi connectivity index (χ1n) is 7.87. The van der Waals surface area contributed by atoms with Crippen molar-refractivity contribution in [3.05, 3.63) is 40.4 Å². The van der Waals surface area contributed by atoms with Crippen LogP contribution in [0.5, 0.6) is 17.2 Å². The molecular formula is C17H13F2N3O7. The maximum atomic E-state index is 13.5. The van der Waals surface area contributed by atoms with Crippen molar-refractivity contribution < 1.29 is 37.8 Å². The van der Waals surface area contributed by atoms with Gasteiger partial charge in [-0.25, -0.2) is 9.78 Å². The number of carbonyl (C=O) groups is 1. The van der Waals surface area contributed by atoms with Gasteiger partial charge in [0, 0.05) is 17.7 Å². The summed E-state index contributed by atoms with van der Waals surface area (Å²) >= 11 is 0. The summed E-state index contributed by atoms with van der Waals surface area (Å²) in [5, 5.41) is 19.5. The first-order chi connectivity index (χ1) is 13.7. The van der Waals surface area contributed by atoms with Crippen molar-refractivity contribution >= 4 is 22.7 Å². The lowest BCUT2D eigenvalue weighted by Crippen LogP contribution is -2.35. The molecule has 0 saturated carbocycles. The van der Waals surface area contributed by atoms with Crippen LogP contribution in [-0.4, -0.2) is 46.3 Å². The van der Waals surface area contributed by atoms with Gasteiger partial charge >= 0.3 is 12.1 Å². The maximum Gasteiger partial charge on any atom is 0.502 e. The topological polar surface area (TPSA) is 137 Å². The Bertz CT molecular complexity index is 1090. The highest BCUT2D eigenvalue weighted by Gasteiger charge is 2.44. The number of ether oxygens (including phenoxy) is 3. The number of nitro benzene ring substituents is 1. The van der Waals surface area contributed by atoms with E-state index < -0.39 is 22.8 Å². The molecule has 29 heavy (non-hydrogen) atoms. The number of carboxylic acid groups (broad SMARTS) is 1. The van der Waals surface area contributed by atoms with Crippen LogP contribution in [0.1, 0.15) is 0 Å². The van der Waals surface area contributed by atoms with E-state index in [4.69, 9.17) is 14.6 Å². The molecule has 12 heteroatoms. The molecular weight excluding hydrogens is 396 g/mol. The van der Waals surface area contributed by atoms with Crippen LogP contribution in [0, 0.1) is 10.1 Å². The molecule has 2 N–H and O–H groups in total. The van der Waals surface area contributed by atoms with Crippen molar-refractivity contribution in [2.75, 3.05) is 14.2 Å². The van der Waals surface area contributed by atoms with Gasteiger partial charge in [-0.2, -0.15) is 8.78 Å². The molecule has 0 aliphatic carbocycles. The summed E-state index contributed by atoms with van der Waals surface area (Å²) in [6, 6.07) is 6.60. The van der Waals surface area contributed by atoms with Gasteiger partial charge in [-0.1, -0.05) is 0 Å². The minimum absolute atomic E-state index is 0.137. The van der Waals surface area contributed by atoms with E-state index in [0.717, 1.165) is 0 Å². The van der Waals surface area contributed by atoms with E-state index in [1.54, 1.807) is 0 Å². The summed E-state index contributed by atoms with van der Waals surface area (Å²) in [6.45, 7) is 0. The number of fused-ring (bicyclic) bond motifs is 1. The number of nitrogens with one attached hydrogen (secondary N) is 1. The largest absolute Gasteiger partial charge is 0.502 e. The number of imidazole rings is 1. The molecule has 0 saturated heterocycles. The van der Waals surface area contributed by atoms with Gasteiger partial charge in [-0.15, -0.1) is 0 Å². The van der Waals surface area contributed by atoms with Gasteiger partial charge in [0.15, 0.2) is 11.5 Å². The van der Waals surface area contributed by atoms with Crippen molar-refractivity contribution in [2.45, 2.75) is 6.11 Å². The summed E-state index contributed by atoms with van der Waals surface area (Å²) in [4.78, 5) is 28.2. The van der Waals surface area contributed by atoms with E-state index in [9.17, 15) is 23.7 Å². The zero-order valence-corrected chi connectivity index (χ0v) is 14.9. The molecule has 0 aliphatic heterocycles. The number of hydrogen-bond acceptors (Lipinski definition) is 7. The zero-order chi connectivity index (χ0) is 21.3. The molecule has 0 amide bonds. The van der Waals surface area contributed by atoms with Gasteiger partial charge in [0.05, 0.1) is 30.2 Å². The summed E-state index contributed by atoms with van der Waals surface area (Å²) in [5.41, 5.74) is 0.997. The molecule has 0 atom stereocenters. The Hall–Kier alpha value is -3.96. The van der Waals surface area contributed by atoms with Crippen molar-refractivity contribution in [1.82, 2.24) is 9.97 Å². The Labute approximate surface area is 160 Å². The van der Waals surface area contributed by atoms with E-state index in [2.05, 4.69) is 14.7 Å². The van der Waals surface area contributed by atoms with Crippen LogP contribution in [0.15, 0.2) is 30.3 Å². The van der Waals surface area contributed by atoms with Crippen LogP contribution in [0.2, 0.25) is 0 Å². The summed E-state index contributed by atoms with van der Waals surface area (Å²) < 4.78 is 41.4. The van der Waals surface area contributed by atoms with Crippen molar-refractivity contribution in [2.24, 2.45) is 0 Å². The second-order valence-electron chi connectivity index (χ2n) is 5.68. The number of aromatic amines is 1. The molecule has 0 bridgehead atoms. The Morgan fingerprint density at radius 3 is 2.34 bits per heavy atom. The number of H-pyrrole nitrogens is 1. The van der Waals surface area contributed by atoms with Crippen LogP contribution in [0.3, 0.4) is 0 Å². The Morgan fingerprint density at radius 2 is 1.83 bits per heavy atom. The number of aromatic nitrogens is 2. The fourth-order valence-electron chi connectivity index (χ4n) is 2.54. The van der Waals surface area contributed by atoms with Crippen molar-refractivity contribution in [3.63, 3.8) is 0 Å². The van der Waals surface area contributed by atoms with Crippen molar-refractivity contribution in [3.8, 4) is 28.6 Å². The number of benzene rings is 2. The predicted molar refractivity (Wildman–Crippen MR) is 94.5 cm³/mol. The fraction of sp³-hybridized carbons (Fsp3) is 0.176. The van der Waals surface area contributed by atoms with Gasteiger partial charge < -0.3 is 24.3 Å². The molecule has 2 aromatic carbocycles. The first-order valence-corrected chi connectivity index (χ1v) is 7.87. The van der Waals surface area contributed by atoms with Gasteiger partial charge in [-0.05, 0) is 18.2 Å². The third kappa shape index (κ3) is 3.72. The second-order valence-corrected chi connectivity index (χ2v) is 5.68. The number of aliphatic carboxylic acids is 1. The Morgan fingerprint density at radius 1 is 1.21 bits per heavy atom. The highest BCUT2D eigenvalue weighted by Crippen LogP contribution is 2.43. The lowest BCUT2D eigenvalue weighted by atomic mass is 10.1. The average molecular weight is 409 g/mol. The van der Waals surface area contributed by atoms with E-state index in [1.807, 2.05) is 0 Å². The molecule has 0 fully saturated rings. The molecule has 0 unspecified atom stereocenters. The standard InChI is InChI=1S/C17H13F2N3O7/c1-27-12-5-8(6-13(28-2)14(12)29-17(18,19)16(23)24)15-20-10-4-3-9(22(25)26)7-11(10)21-15/h3-7H,1-2H3,(H,20,21)(H,23,24). The SMILES string of the molecule is COc1cc(-c2nc3ccc([N+](=O)[O-])cc3[nH]2)cc(OC)c1OC(F)(F)C(=O)O. The van der Waals surface area contributed by atoms with E-state index in [1.165, 1.54) is 44.6 Å². The number of methoxy groups -OCH3 is 2. The zero-order valence-electron chi connectivity index (χ0n) is 14.9. The van der Waals surface area contributed by atoms with Crippen LogP contribution < -0.4 is 14.2 Å². The third-order valence-electron chi connectivity index (χ3n) is 3.89. The smallest absolute Gasteiger partial charge is 0.493 e. The number of non-ortho nitro benzene ring substituents is 1. The minimum atomic E-state index is -4.51. The molecule has 3 aromatic rings. The number of nitrogens with zero attached hydrogens (tertiary/aromatic N) is 2. The van der Waals surface area contributed by atoms with Gasteiger partial charge in [0.2, 0.25) is 5.75 Å². The number of nitro groups is 1. The second kappa shape index (κ2) is 7.22. The molecule has 0 radical (unpaired) electrons. The predicted octanol–water partition coefficient (Wildman–Crippen LogP) is 3.21. The van der Waals surface area contributed by atoms with Crippen molar-refractivity contribution in [1.29, 1.82) is 0 Å². The quantitative estimate of drug-likeness (QED) is 0.448. The van der Waals surface area contributed by atoms with Gasteiger partial charge in [0.1, 0.15) is 5.82 Å². The highest BCUT2D eigenvalue weighted by molar-refractivity contribution is 5.82. The lowest BCUT2D eigenvalue weighted by Gasteiger charge is -2.18. The molecule has 0 aliphatic rings. The molecule has 3 rings (SSSR count). The monoisotopic (exact) mass is 409 g/mol. The van der Waals surface area contributed by atoms with Crippen LogP contribution in [0.4, 0.5) is 14.5 Å². The minimum Gasteiger partial charge on any atom is -0.493 e. The Balaban J connectivity index is 2.10. The third-order valence-corrected chi connectivity index (χ3v) is 3.89. The molecule has 0 spiro atoms. The first kappa shape index (κ1) is 19.8. The summed E-state index contributed by atoms with van der Waals surface area (Å²) in [7, 11) is 2.35. The van der Waals surface area contributed by atoms with Crippen LogP contribution in [0.25, 0.3) is 22.4 Å². The summed E-state index contributed by atoms with van der Waals surface area (Å²) in [6.07, 6.45) is -4.51.